The van der Waals surface area contributed by atoms with Gasteiger partial charge < -0.3 is 16.8 Å². The molecule has 2 atom stereocenters. The Morgan fingerprint density at radius 1 is 1.20 bits per heavy atom. The molecular formula is C14H22ClN3O2. The number of hydrogen-bond donors (Lipinski definition) is 3. The minimum atomic E-state index is -0.736. The summed E-state index contributed by atoms with van der Waals surface area (Å²) in [4.78, 5) is 23.2. The highest BCUT2D eigenvalue weighted by atomic mass is 35.5. The smallest absolute Gasteiger partial charge is 0.240 e. The molecule has 6 heteroatoms. The van der Waals surface area contributed by atoms with Gasteiger partial charge in [-0.2, -0.15) is 0 Å². The Hall–Kier alpha value is -1.59. The van der Waals surface area contributed by atoms with Crippen molar-refractivity contribution in [1.29, 1.82) is 0 Å². The van der Waals surface area contributed by atoms with Gasteiger partial charge in [0, 0.05) is 6.42 Å². The van der Waals surface area contributed by atoms with Crippen LogP contribution in [0.3, 0.4) is 0 Å². The normalized spacial score (nSPS) is 13.2. The molecule has 1 aromatic carbocycles. The number of primary amides is 1. The van der Waals surface area contributed by atoms with E-state index in [0.717, 1.165) is 5.56 Å². The van der Waals surface area contributed by atoms with Crippen molar-refractivity contribution in [2.24, 2.45) is 17.4 Å². The highest BCUT2D eigenvalue weighted by Gasteiger charge is 2.23. The minimum Gasteiger partial charge on any atom is -0.368 e. The molecule has 0 unspecified atom stereocenters. The second-order valence-electron chi connectivity index (χ2n) is 4.92. The average Bonchev–Trinajstić information content (AvgIpc) is 2.37. The lowest BCUT2D eigenvalue weighted by Gasteiger charge is -2.20. The Balaban J connectivity index is 0.00000361. The van der Waals surface area contributed by atoms with E-state index in [9.17, 15) is 9.59 Å². The van der Waals surface area contributed by atoms with Crippen molar-refractivity contribution in [2.75, 3.05) is 0 Å². The van der Waals surface area contributed by atoms with E-state index in [0.29, 0.717) is 6.42 Å². The van der Waals surface area contributed by atoms with E-state index in [4.69, 9.17) is 11.5 Å². The second kappa shape index (κ2) is 8.55. The summed E-state index contributed by atoms with van der Waals surface area (Å²) in [7, 11) is 0. The van der Waals surface area contributed by atoms with Gasteiger partial charge in [-0.15, -0.1) is 12.4 Å². The summed E-state index contributed by atoms with van der Waals surface area (Å²) in [6.07, 6.45) is 0.368. The van der Waals surface area contributed by atoms with Crippen molar-refractivity contribution in [3.63, 3.8) is 0 Å². The van der Waals surface area contributed by atoms with Crippen LogP contribution in [-0.2, 0) is 16.0 Å². The highest BCUT2D eigenvalue weighted by Crippen LogP contribution is 2.04. The molecule has 0 aliphatic rings. The van der Waals surface area contributed by atoms with Crippen LogP contribution in [0, 0.1) is 5.92 Å². The van der Waals surface area contributed by atoms with Crippen molar-refractivity contribution < 1.29 is 9.59 Å². The van der Waals surface area contributed by atoms with Gasteiger partial charge in [0.05, 0.1) is 6.04 Å². The topological polar surface area (TPSA) is 98.2 Å². The maximum atomic E-state index is 11.8. The van der Waals surface area contributed by atoms with Crippen LogP contribution in [0.2, 0.25) is 0 Å². The van der Waals surface area contributed by atoms with Crippen LogP contribution in [0.5, 0.6) is 0 Å². The number of carbonyl (C=O) groups is 2. The molecular weight excluding hydrogens is 278 g/mol. The number of benzene rings is 1. The summed E-state index contributed by atoms with van der Waals surface area (Å²) in [6, 6.07) is 8.01. The lowest BCUT2D eigenvalue weighted by molar-refractivity contribution is -0.128. The Morgan fingerprint density at radius 3 is 2.20 bits per heavy atom. The molecule has 1 rings (SSSR count). The van der Waals surface area contributed by atoms with Gasteiger partial charge >= 0.3 is 0 Å². The molecule has 0 aromatic heterocycles. The van der Waals surface area contributed by atoms with Crippen molar-refractivity contribution in [3.05, 3.63) is 35.9 Å². The average molecular weight is 300 g/mol. The summed E-state index contributed by atoms with van der Waals surface area (Å²) in [5.74, 6) is -0.909. The lowest BCUT2D eigenvalue weighted by atomic mass is 10.0. The molecule has 2 amide bonds. The Labute approximate surface area is 125 Å². The van der Waals surface area contributed by atoms with E-state index >= 15 is 0 Å². The summed E-state index contributed by atoms with van der Waals surface area (Å²) >= 11 is 0. The number of nitrogens with two attached hydrogens (primary N) is 2. The van der Waals surface area contributed by atoms with Crippen LogP contribution in [-0.4, -0.2) is 23.9 Å². The number of rotatable bonds is 6. The van der Waals surface area contributed by atoms with Gasteiger partial charge in [-0.25, -0.2) is 0 Å². The third kappa shape index (κ3) is 5.59. The molecule has 0 radical (unpaired) electrons. The molecule has 112 valence electrons. The summed E-state index contributed by atoms with van der Waals surface area (Å²) in [6.45, 7) is 3.70. The number of halogens is 1. The van der Waals surface area contributed by atoms with Crippen molar-refractivity contribution in [1.82, 2.24) is 5.32 Å². The zero-order valence-electron chi connectivity index (χ0n) is 11.7. The molecule has 0 saturated heterocycles. The van der Waals surface area contributed by atoms with Gasteiger partial charge in [0.1, 0.15) is 6.04 Å². The molecule has 0 spiro atoms. The third-order valence-electron chi connectivity index (χ3n) is 2.96. The number of hydrogen-bond acceptors (Lipinski definition) is 3. The summed E-state index contributed by atoms with van der Waals surface area (Å²) < 4.78 is 0. The summed E-state index contributed by atoms with van der Waals surface area (Å²) in [5, 5.41) is 2.61. The SMILES string of the molecule is CC(C)[C@@H](N)C(=O)N[C@H](Cc1ccccc1)C(N)=O.Cl. The van der Waals surface area contributed by atoms with Gasteiger partial charge in [-0.05, 0) is 11.5 Å². The van der Waals surface area contributed by atoms with Gasteiger partial charge in [0.25, 0.3) is 0 Å². The highest BCUT2D eigenvalue weighted by molar-refractivity contribution is 5.89. The first kappa shape index (κ1) is 18.4. The molecule has 0 heterocycles. The fourth-order valence-electron chi connectivity index (χ4n) is 1.64. The maximum Gasteiger partial charge on any atom is 0.240 e. The van der Waals surface area contributed by atoms with Crippen LogP contribution < -0.4 is 16.8 Å². The van der Waals surface area contributed by atoms with E-state index in [1.54, 1.807) is 0 Å². The van der Waals surface area contributed by atoms with E-state index < -0.39 is 18.0 Å². The first-order chi connectivity index (χ1) is 8.91. The van der Waals surface area contributed by atoms with E-state index in [-0.39, 0.29) is 24.2 Å². The monoisotopic (exact) mass is 299 g/mol. The standard InChI is InChI=1S/C14H21N3O2.ClH/c1-9(2)12(15)14(19)17-11(13(16)18)8-10-6-4-3-5-7-10;/h3-7,9,11-12H,8,15H2,1-2H3,(H2,16,18)(H,17,19);1H/t11-,12-;/m1./s1. The molecule has 0 fully saturated rings. The zero-order valence-corrected chi connectivity index (χ0v) is 12.5. The Morgan fingerprint density at radius 2 is 1.75 bits per heavy atom. The molecule has 0 bridgehead atoms. The molecule has 0 aliphatic heterocycles. The molecule has 5 nitrogen and oxygen atoms in total. The molecule has 0 saturated carbocycles. The van der Waals surface area contributed by atoms with Crippen molar-refractivity contribution in [2.45, 2.75) is 32.4 Å². The third-order valence-corrected chi connectivity index (χ3v) is 2.96. The quantitative estimate of drug-likeness (QED) is 0.717. The molecule has 20 heavy (non-hydrogen) atoms. The predicted octanol–water partition coefficient (Wildman–Crippen LogP) is 0.604. The van der Waals surface area contributed by atoms with Gasteiger partial charge in [0.15, 0.2) is 0 Å². The van der Waals surface area contributed by atoms with Crippen LogP contribution >= 0.6 is 12.4 Å². The van der Waals surface area contributed by atoms with Crippen LogP contribution in [0.1, 0.15) is 19.4 Å². The van der Waals surface area contributed by atoms with Gasteiger partial charge in [-0.1, -0.05) is 44.2 Å². The maximum absolute atomic E-state index is 11.8. The fourth-order valence-corrected chi connectivity index (χ4v) is 1.64. The van der Waals surface area contributed by atoms with Crippen LogP contribution in [0.4, 0.5) is 0 Å². The van der Waals surface area contributed by atoms with Crippen molar-refractivity contribution >= 4 is 24.2 Å². The van der Waals surface area contributed by atoms with Gasteiger partial charge in [0.2, 0.25) is 11.8 Å². The Kier molecular flexibility index (Phi) is 7.87. The first-order valence-electron chi connectivity index (χ1n) is 6.31. The summed E-state index contributed by atoms with van der Waals surface area (Å²) in [5.41, 5.74) is 12.0. The van der Waals surface area contributed by atoms with Crippen molar-refractivity contribution in [3.8, 4) is 0 Å². The van der Waals surface area contributed by atoms with E-state index in [2.05, 4.69) is 5.32 Å². The number of carbonyl (C=O) groups excluding carboxylic acids is 2. The molecule has 5 N–H and O–H groups in total. The largest absolute Gasteiger partial charge is 0.368 e. The predicted molar refractivity (Wildman–Crippen MR) is 81.3 cm³/mol. The minimum absolute atomic E-state index is 0. The molecule has 1 aromatic rings. The van der Waals surface area contributed by atoms with E-state index in [1.165, 1.54) is 0 Å². The fraction of sp³-hybridized carbons (Fsp3) is 0.429. The zero-order chi connectivity index (χ0) is 14.4. The first-order valence-corrected chi connectivity index (χ1v) is 6.31. The van der Waals surface area contributed by atoms with Crippen LogP contribution in [0.25, 0.3) is 0 Å². The van der Waals surface area contributed by atoms with Gasteiger partial charge in [-0.3, -0.25) is 9.59 Å². The Bertz CT molecular complexity index is 437. The number of amides is 2. The molecule has 0 aliphatic carbocycles. The second-order valence-corrected chi connectivity index (χ2v) is 4.92. The lowest BCUT2D eigenvalue weighted by Crippen LogP contribution is -2.52. The van der Waals surface area contributed by atoms with E-state index in [1.807, 2.05) is 44.2 Å². The van der Waals surface area contributed by atoms with Crippen LogP contribution in [0.15, 0.2) is 30.3 Å². The number of nitrogens with one attached hydrogen (secondary N) is 1.